The Morgan fingerprint density at radius 3 is 2.50 bits per heavy atom. The number of nitrogens with one attached hydrogen (secondary N) is 1. The zero-order valence-electron chi connectivity index (χ0n) is 19.9. The molecule has 0 spiro atoms. The van der Waals surface area contributed by atoms with Crippen molar-refractivity contribution in [2.24, 2.45) is 0 Å². The van der Waals surface area contributed by atoms with Crippen LogP contribution in [-0.4, -0.2) is 63.0 Å². The van der Waals surface area contributed by atoms with Crippen LogP contribution in [0.25, 0.3) is 44.6 Å². The molecule has 4 heterocycles. The number of nitrogens with zero attached hydrogens (tertiary/aromatic N) is 5. The van der Waals surface area contributed by atoms with Gasteiger partial charge in [0, 0.05) is 61.0 Å². The monoisotopic (exact) mass is 496 g/mol. The van der Waals surface area contributed by atoms with Crippen LogP contribution in [-0.2, 0) is 6.54 Å². The highest BCUT2D eigenvalue weighted by atomic mass is 35.5. The van der Waals surface area contributed by atoms with Crippen LogP contribution in [0.4, 0.5) is 0 Å². The Morgan fingerprint density at radius 2 is 1.69 bits per heavy atom. The van der Waals surface area contributed by atoms with Gasteiger partial charge in [-0.15, -0.1) is 0 Å². The van der Waals surface area contributed by atoms with E-state index in [4.69, 9.17) is 21.6 Å². The molecule has 0 radical (unpaired) electrons. The van der Waals surface area contributed by atoms with Crippen LogP contribution in [0.15, 0.2) is 71.7 Å². The number of pyridine rings is 2. The molecular weight excluding hydrogens is 472 g/mol. The molecule has 2 aromatic carbocycles. The largest absolute Gasteiger partial charge is 0.305 e. The van der Waals surface area contributed by atoms with Gasteiger partial charge in [-0.05, 0) is 31.3 Å². The number of piperazine rings is 1. The second kappa shape index (κ2) is 9.43. The molecule has 0 amide bonds. The molecule has 36 heavy (non-hydrogen) atoms. The van der Waals surface area contributed by atoms with Gasteiger partial charge in [-0.3, -0.25) is 14.7 Å². The van der Waals surface area contributed by atoms with E-state index in [9.17, 15) is 4.79 Å². The molecule has 1 saturated heterocycles. The van der Waals surface area contributed by atoms with E-state index in [0.717, 1.165) is 48.2 Å². The van der Waals surface area contributed by atoms with Crippen LogP contribution in [0.1, 0.15) is 5.56 Å². The second-order valence-corrected chi connectivity index (χ2v) is 9.66. The highest BCUT2D eigenvalue weighted by molar-refractivity contribution is 6.35. The van der Waals surface area contributed by atoms with Crippen molar-refractivity contribution in [2.75, 3.05) is 33.2 Å². The van der Waals surface area contributed by atoms with Crippen molar-refractivity contribution >= 4 is 33.7 Å². The minimum absolute atomic E-state index is 0.123. The SMILES string of the molecule is CN1CCN(Cc2cc3nc(-c4cc(Cl)c5ncccc5c4)c(-c4ccccc4)nc3[nH]c2=O)CC1. The van der Waals surface area contributed by atoms with E-state index in [-0.39, 0.29) is 5.56 Å². The molecule has 3 aromatic heterocycles. The molecule has 1 aliphatic heterocycles. The molecule has 8 heteroatoms. The third-order valence-electron chi connectivity index (χ3n) is 6.73. The number of likely N-dealkylation sites (N-methyl/N-ethyl adjacent to an activating group) is 1. The first-order valence-corrected chi connectivity index (χ1v) is 12.4. The van der Waals surface area contributed by atoms with Gasteiger partial charge in [0.1, 0.15) is 5.52 Å². The maximum Gasteiger partial charge on any atom is 0.254 e. The molecular formula is C28H25ClN6O. The number of rotatable bonds is 4. The van der Waals surface area contributed by atoms with Gasteiger partial charge in [-0.2, -0.15) is 0 Å². The molecule has 0 bridgehead atoms. The predicted octanol–water partition coefficient (Wildman–Crippen LogP) is 4.60. The number of halogens is 1. The molecule has 1 aliphatic rings. The first kappa shape index (κ1) is 22.8. The van der Waals surface area contributed by atoms with Crippen LogP contribution in [0.3, 0.4) is 0 Å². The van der Waals surface area contributed by atoms with Gasteiger partial charge < -0.3 is 9.88 Å². The number of fused-ring (bicyclic) bond motifs is 2. The summed E-state index contributed by atoms with van der Waals surface area (Å²) in [4.78, 5) is 34.9. The van der Waals surface area contributed by atoms with E-state index >= 15 is 0 Å². The first-order valence-electron chi connectivity index (χ1n) is 12.0. The molecule has 1 fully saturated rings. The molecule has 0 saturated carbocycles. The summed E-state index contributed by atoms with van der Waals surface area (Å²) >= 11 is 6.63. The van der Waals surface area contributed by atoms with Gasteiger partial charge in [0.2, 0.25) is 0 Å². The summed E-state index contributed by atoms with van der Waals surface area (Å²) in [6, 6.07) is 19.5. The van der Waals surface area contributed by atoms with E-state index in [1.807, 2.05) is 60.7 Å². The Morgan fingerprint density at radius 1 is 0.917 bits per heavy atom. The number of hydrogen-bond acceptors (Lipinski definition) is 6. The Bertz CT molecular complexity index is 1630. The smallest absolute Gasteiger partial charge is 0.254 e. The van der Waals surface area contributed by atoms with Gasteiger partial charge >= 0.3 is 0 Å². The lowest BCUT2D eigenvalue weighted by atomic mass is 10.0. The van der Waals surface area contributed by atoms with Crippen molar-refractivity contribution < 1.29 is 0 Å². The maximum atomic E-state index is 13.0. The van der Waals surface area contributed by atoms with Crippen molar-refractivity contribution in [3.05, 3.63) is 87.8 Å². The fourth-order valence-electron chi connectivity index (χ4n) is 4.71. The molecule has 0 aliphatic carbocycles. The van der Waals surface area contributed by atoms with Crippen molar-refractivity contribution in [1.82, 2.24) is 29.7 Å². The van der Waals surface area contributed by atoms with Crippen LogP contribution < -0.4 is 5.56 Å². The van der Waals surface area contributed by atoms with E-state index < -0.39 is 0 Å². The summed E-state index contributed by atoms with van der Waals surface area (Å²) in [5.74, 6) is 0. The van der Waals surface area contributed by atoms with Gasteiger partial charge in [0.05, 0.1) is 21.9 Å². The summed E-state index contributed by atoms with van der Waals surface area (Å²) in [7, 11) is 2.12. The molecule has 1 N–H and O–H groups in total. The summed E-state index contributed by atoms with van der Waals surface area (Å²) < 4.78 is 0. The van der Waals surface area contributed by atoms with Crippen LogP contribution in [0.2, 0.25) is 5.02 Å². The molecule has 0 unspecified atom stereocenters. The molecule has 5 aromatic rings. The molecule has 0 atom stereocenters. The number of aromatic nitrogens is 4. The van der Waals surface area contributed by atoms with Gasteiger partial charge in [0.25, 0.3) is 5.56 Å². The third kappa shape index (κ3) is 4.37. The number of hydrogen-bond donors (Lipinski definition) is 1. The molecule has 6 rings (SSSR count). The lowest BCUT2D eigenvalue weighted by molar-refractivity contribution is 0.148. The van der Waals surface area contributed by atoms with Crippen molar-refractivity contribution in [3.63, 3.8) is 0 Å². The highest BCUT2D eigenvalue weighted by Gasteiger charge is 2.19. The lowest BCUT2D eigenvalue weighted by Crippen LogP contribution is -2.44. The fraction of sp³-hybridized carbons (Fsp3) is 0.214. The van der Waals surface area contributed by atoms with Gasteiger partial charge in [-0.25, -0.2) is 9.97 Å². The lowest BCUT2D eigenvalue weighted by Gasteiger charge is -2.32. The Kier molecular flexibility index (Phi) is 5.97. The fourth-order valence-corrected chi connectivity index (χ4v) is 4.98. The summed E-state index contributed by atoms with van der Waals surface area (Å²) in [6.45, 7) is 4.44. The Balaban J connectivity index is 1.51. The number of H-pyrrole nitrogens is 1. The van der Waals surface area contributed by atoms with E-state index in [1.165, 1.54) is 0 Å². The van der Waals surface area contributed by atoms with Crippen molar-refractivity contribution in [1.29, 1.82) is 0 Å². The first-order chi connectivity index (χ1) is 17.5. The summed E-state index contributed by atoms with van der Waals surface area (Å²) in [5, 5.41) is 1.49. The van der Waals surface area contributed by atoms with Gasteiger partial charge in [-0.1, -0.05) is 48.0 Å². The normalized spacial score (nSPS) is 15.1. The Labute approximate surface area is 213 Å². The predicted molar refractivity (Wildman–Crippen MR) is 144 cm³/mol. The zero-order chi connectivity index (χ0) is 24.6. The molecule has 180 valence electrons. The highest BCUT2D eigenvalue weighted by Crippen LogP contribution is 2.34. The Hall–Kier alpha value is -3.65. The van der Waals surface area contributed by atoms with Crippen LogP contribution >= 0.6 is 11.6 Å². The summed E-state index contributed by atoms with van der Waals surface area (Å²) in [5.41, 5.74) is 5.59. The van der Waals surface area contributed by atoms with Crippen molar-refractivity contribution in [2.45, 2.75) is 6.54 Å². The molecule has 7 nitrogen and oxygen atoms in total. The minimum atomic E-state index is -0.123. The van der Waals surface area contributed by atoms with E-state index in [1.54, 1.807) is 6.20 Å². The second-order valence-electron chi connectivity index (χ2n) is 9.26. The van der Waals surface area contributed by atoms with Gasteiger partial charge in [0.15, 0.2) is 5.65 Å². The van der Waals surface area contributed by atoms with E-state index in [0.29, 0.717) is 39.7 Å². The minimum Gasteiger partial charge on any atom is -0.305 e. The quantitative estimate of drug-likeness (QED) is 0.392. The van der Waals surface area contributed by atoms with Crippen LogP contribution in [0, 0.1) is 0 Å². The average Bonchev–Trinajstić information content (AvgIpc) is 2.90. The van der Waals surface area contributed by atoms with E-state index in [2.05, 4.69) is 26.8 Å². The zero-order valence-corrected chi connectivity index (χ0v) is 20.7. The average molecular weight is 497 g/mol. The maximum absolute atomic E-state index is 13.0. The standard InChI is InChI=1S/C28H25ClN6O/c1-34-10-12-35(13-11-34)17-21-16-23-27(33-28(21)36)32-25(18-6-3-2-4-7-18)26(31-23)20-14-19-8-5-9-30-24(19)22(29)15-20/h2-9,14-16H,10-13,17H2,1H3,(H,32,33,36). The van der Waals surface area contributed by atoms with Crippen LogP contribution in [0.5, 0.6) is 0 Å². The number of benzene rings is 2. The summed E-state index contributed by atoms with van der Waals surface area (Å²) in [6.07, 6.45) is 1.73. The number of aromatic amines is 1. The van der Waals surface area contributed by atoms with Crippen molar-refractivity contribution in [3.8, 4) is 22.5 Å². The third-order valence-corrected chi connectivity index (χ3v) is 7.01. The topological polar surface area (TPSA) is 78.0 Å².